The summed E-state index contributed by atoms with van der Waals surface area (Å²) in [7, 11) is 0. The van der Waals surface area contributed by atoms with Gasteiger partial charge in [-0.25, -0.2) is 0 Å². The zero-order valence-electron chi connectivity index (χ0n) is 30.7. The lowest BCUT2D eigenvalue weighted by atomic mass is 9.93. The highest BCUT2D eigenvalue weighted by molar-refractivity contribution is 6.11. The molecule has 2 nitrogen and oxygen atoms in total. The summed E-state index contributed by atoms with van der Waals surface area (Å²) in [5.41, 5.74) is 16.8. The third kappa shape index (κ3) is 6.34. The lowest BCUT2D eigenvalue weighted by molar-refractivity contribution is 0.670. The molecule has 0 bridgehead atoms. The van der Waals surface area contributed by atoms with E-state index in [4.69, 9.17) is 4.42 Å². The van der Waals surface area contributed by atoms with Crippen LogP contribution in [0.5, 0.6) is 0 Å². The van der Waals surface area contributed by atoms with E-state index in [1.165, 1.54) is 33.4 Å². The second-order valence-corrected chi connectivity index (χ2v) is 14.2. The highest BCUT2D eigenvalue weighted by Crippen LogP contribution is 2.41. The van der Waals surface area contributed by atoms with Gasteiger partial charge in [-0.3, -0.25) is 0 Å². The molecule has 0 radical (unpaired) electrons. The van der Waals surface area contributed by atoms with Crippen LogP contribution in [0.4, 0.5) is 17.1 Å². The first kappa shape index (κ1) is 33.2. The van der Waals surface area contributed by atoms with Gasteiger partial charge in [0.15, 0.2) is 0 Å². The third-order valence-corrected chi connectivity index (χ3v) is 10.7. The van der Waals surface area contributed by atoms with Crippen molar-refractivity contribution in [2.24, 2.45) is 0 Å². The molecule has 0 aliphatic heterocycles. The summed E-state index contributed by atoms with van der Waals surface area (Å²) in [5, 5.41) is 2.25. The molecule has 9 aromatic carbocycles. The second-order valence-electron chi connectivity index (χ2n) is 14.2. The Hall–Kier alpha value is -7.42. The molecular weight excluding hydrogens is 679 g/mol. The van der Waals surface area contributed by atoms with Crippen molar-refractivity contribution in [3.05, 3.63) is 224 Å². The fourth-order valence-electron chi connectivity index (χ4n) is 7.80. The summed E-state index contributed by atoms with van der Waals surface area (Å²) in [6, 6.07) is 79.9. The smallest absolute Gasteiger partial charge is 0.143 e. The van der Waals surface area contributed by atoms with Gasteiger partial charge >= 0.3 is 0 Å². The summed E-state index contributed by atoms with van der Waals surface area (Å²) < 4.78 is 6.52. The lowest BCUT2D eigenvalue weighted by Gasteiger charge is -2.26. The molecule has 0 unspecified atom stereocenters. The van der Waals surface area contributed by atoms with Crippen LogP contribution in [-0.2, 0) is 0 Å². The van der Waals surface area contributed by atoms with Crippen molar-refractivity contribution in [2.45, 2.75) is 0 Å². The van der Waals surface area contributed by atoms with Gasteiger partial charge in [0.05, 0.1) is 0 Å². The van der Waals surface area contributed by atoms with E-state index in [0.717, 1.165) is 61.3 Å². The maximum Gasteiger partial charge on any atom is 0.143 e. The van der Waals surface area contributed by atoms with Gasteiger partial charge in [-0.15, -0.1) is 0 Å². The van der Waals surface area contributed by atoms with Gasteiger partial charge in [0, 0.05) is 33.4 Å². The van der Waals surface area contributed by atoms with Gasteiger partial charge in [-0.05, 0) is 105 Å². The Morgan fingerprint density at radius 1 is 0.268 bits per heavy atom. The minimum Gasteiger partial charge on any atom is -0.455 e. The van der Waals surface area contributed by atoms with Crippen molar-refractivity contribution in [1.29, 1.82) is 0 Å². The molecule has 0 N–H and O–H groups in total. The molecule has 0 fully saturated rings. The molecule has 0 saturated heterocycles. The Bertz CT molecular complexity index is 2900. The number of para-hydroxylation sites is 2. The van der Waals surface area contributed by atoms with Crippen LogP contribution in [0.3, 0.4) is 0 Å². The summed E-state index contributed by atoms with van der Waals surface area (Å²) in [6.45, 7) is 0. The first-order valence-corrected chi connectivity index (χ1v) is 19.1. The number of benzene rings is 9. The molecule has 0 saturated carbocycles. The van der Waals surface area contributed by atoms with E-state index in [1.54, 1.807) is 0 Å². The summed E-state index contributed by atoms with van der Waals surface area (Å²) in [5.74, 6) is 0. The molecule has 2 heteroatoms. The maximum atomic E-state index is 6.52. The van der Waals surface area contributed by atoms with E-state index in [9.17, 15) is 0 Å². The van der Waals surface area contributed by atoms with Crippen molar-refractivity contribution in [1.82, 2.24) is 0 Å². The molecule has 0 atom stereocenters. The Balaban J connectivity index is 0.971. The zero-order valence-corrected chi connectivity index (χ0v) is 30.7. The fourth-order valence-corrected chi connectivity index (χ4v) is 7.80. The van der Waals surface area contributed by atoms with E-state index >= 15 is 0 Å². The van der Waals surface area contributed by atoms with Gasteiger partial charge in [-0.2, -0.15) is 0 Å². The molecule has 10 aromatic rings. The summed E-state index contributed by atoms with van der Waals surface area (Å²) in [4.78, 5) is 2.31. The molecule has 0 aliphatic rings. The fraction of sp³-hybridized carbons (Fsp3) is 0. The Morgan fingerprint density at radius 3 is 1.16 bits per heavy atom. The minimum absolute atomic E-state index is 0.899. The van der Waals surface area contributed by atoms with Crippen LogP contribution in [0.1, 0.15) is 0 Å². The SMILES string of the molecule is c1ccc(-c2ccc(-c3cc(-c4ccc(-c5ccc(N(c6ccccc6)c6ccc(-c7ccccc7)cc6)cc5)cc4)cc4c3oc3ccccc34)cc2)cc1. The minimum atomic E-state index is 0.899. The van der Waals surface area contributed by atoms with Crippen LogP contribution in [0.15, 0.2) is 229 Å². The third-order valence-electron chi connectivity index (χ3n) is 10.7. The molecule has 56 heavy (non-hydrogen) atoms. The van der Waals surface area contributed by atoms with E-state index in [-0.39, 0.29) is 0 Å². The molecular formula is C54H37NO. The highest BCUT2D eigenvalue weighted by Gasteiger charge is 2.16. The molecule has 264 valence electrons. The topological polar surface area (TPSA) is 16.4 Å². The number of anilines is 3. The molecule has 1 aromatic heterocycles. The van der Waals surface area contributed by atoms with Crippen molar-refractivity contribution in [3.63, 3.8) is 0 Å². The van der Waals surface area contributed by atoms with Crippen LogP contribution in [-0.4, -0.2) is 0 Å². The molecule has 1 heterocycles. The van der Waals surface area contributed by atoms with Crippen LogP contribution in [0.25, 0.3) is 77.6 Å². The lowest BCUT2D eigenvalue weighted by Crippen LogP contribution is -2.09. The standard InChI is InChI=1S/C54H37NO/c1-4-12-38(13-5-1)40-24-26-45(27-25-40)51-36-46(37-52-50-18-10-11-19-53(50)56-54(51)52)44-22-20-41(21-23-44)43-30-34-49(35-31-43)55(47-16-8-3-9-17-47)48-32-28-42(29-33-48)39-14-6-2-7-15-39/h1-37H. The van der Waals surface area contributed by atoms with Gasteiger partial charge in [0.1, 0.15) is 11.2 Å². The Kier molecular flexibility index (Phi) is 8.55. The molecule has 10 rings (SSSR count). The number of hydrogen-bond acceptors (Lipinski definition) is 2. The quantitative estimate of drug-likeness (QED) is 0.156. The van der Waals surface area contributed by atoms with Crippen LogP contribution >= 0.6 is 0 Å². The van der Waals surface area contributed by atoms with E-state index < -0.39 is 0 Å². The average molecular weight is 716 g/mol. The number of nitrogens with zero attached hydrogens (tertiary/aromatic N) is 1. The van der Waals surface area contributed by atoms with Crippen molar-refractivity contribution in [2.75, 3.05) is 4.90 Å². The Morgan fingerprint density at radius 2 is 0.643 bits per heavy atom. The predicted molar refractivity (Wildman–Crippen MR) is 236 cm³/mol. The Labute approximate surface area is 327 Å². The van der Waals surface area contributed by atoms with E-state index in [0.29, 0.717) is 0 Å². The summed E-state index contributed by atoms with van der Waals surface area (Å²) in [6.07, 6.45) is 0. The highest BCUT2D eigenvalue weighted by atomic mass is 16.3. The number of fused-ring (bicyclic) bond motifs is 3. The maximum absolute atomic E-state index is 6.52. The van der Waals surface area contributed by atoms with Crippen molar-refractivity contribution >= 4 is 39.0 Å². The van der Waals surface area contributed by atoms with Crippen LogP contribution < -0.4 is 4.90 Å². The van der Waals surface area contributed by atoms with Crippen LogP contribution in [0.2, 0.25) is 0 Å². The zero-order chi connectivity index (χ0) is 37.3. The monoisotopic (exact) mass is 715 g/mol. The average Bonchev–Trinajstić information content (AvgIpc) is 3.67. The predicted octanol–water partition coefficient (Wildman–Crippen LogP) is 15.4. The molecule has 0 aliphatic carbocycles. The van der Waals surface area contributed by atoms with Gasteiger partial charge in [0.25, 0.3) is 0 Å². The first-order chi connectivity index (χ1) is 27.7. The normalized spacial score (nSPS) is 11.2. The number of furan rings is 1. The van der Waals surface area contributed by atoms with Gasteiger partial charge in [0.2, 0.25) is 0 Å². The number of rotatable bonds is 8. The number of hydrogen-bond donors (Lipinski definition) is 0. The van der Waals surface area contributed by atoms with E-state index in [2.05, 4.69) is 223 Å². The largest absolute Gasteiger partial charge is 0.455 e. The first-order valence-electron chi connectivity index (χ1n) is 19.1. The van der Waals surface area contributed by atoms with Crippen molar-refractivity contribution in [3.8, 4) is 55.6 Å². The second kappa shape index (κ2) is 14.4. The summed E-state index contributed by atoms with van der Waals surface area (Å²) >= 11 is 0. The molecule has 0 spiro atoms. The van der Waals surface area contributed by atoms with Gasteiger partial charge in [-0.1, -0.05) is 170 Å². The van der Waals surface area contributed by atoms with Gasteiger partial charge < -0.3 is 9.32 Å². The van der Waals surface area contributed by atoms with E-state index in [1.807, 2.05) is 6.07 Å². The van der Waals surface area contributed by atoms with Crippen LogP contribution in [0, 0.1) is 0 Å². The van der Waals surface area contributed by atoms with Crippen molar-refractivity contribution < 1.29 is 4.42 Å². The molecule has 0 amide bonds.